The SMILES string of the molecule is CCN(CCCN(CC)c1ccc(N=Nc2scc[n+]2CC)cc1)c1ccc(N=Nc2scc[n+]2CC)cc1.[Cl-].[Cl-]. The van der Waals surface area contributed by atoms with Gasteiger partial charge in [-0.2, -0.15) is 0 Å². The molecule has 2 heterocycles. The number of azo groups is 2. The van der Waals surface area contributed by atoms with Crippen molar-refractivity contribution in [1.29, 1.82) is 0 Å². The van der Waals surface area contributed by atoms with Crippen molar-refractivity contribution in [3.63, 3.8) is 0 Å². The van der Waals surface area contributed by atoms with Crippen molar-refractivity contribution in [1.82, 2.24) is 0 Å². The molecule has 12 heteroatoms. The Morgan fingerprint density at radius 1 is 0.585 bits per heavy atom. The maximum absolute atomic E-state index is 4.43. The lowest BCUT2D eigenvalue weighted by Gasteiger charge is -2.27. The second kappa shape index (κ2) is 17.8. The largest absolute Gasteiger partial charge is 1.00 e. The Kier molecular flexibility index (Phi) is 14.9. The Morgan fingerprint density at radius 2 is 0.976 bits per heavy atom. The monoisotopic (exact) mass is 632 g/mol. The Morgan fingerprint density at radius 3 is 1.32 bits per heavy atom. The minimum Gasteiger partial charge on any atom is -1.00 e. The molecule has 0 radical (unpaired) electrons. The zero-order chi connectivity index (χ0) is 27.5. The molecule has 0 unspecified atom stereocenters. The number of halogens is 2. The molecule has 0 N–H and O–H groups in total. The summed E-state index contributed by atoms with van der Waals surface area (Å²) >= 11 is 3.20. The van der Waals surface area contributed by atoms with E-state index in [4.69, 9.17) is 0 Å². The van der Waals surface area contributed by atoms with E-state index < -0.39 is 0 Å². The van der Waals surface area contributed by atoms with Gasteiger partial charge in [0.1, 0.15) is 23.8 Å². The molecule has 0 saturated carbocycles. The van der Waals surface area contributed by atoms with Gasteiger partial charge in [0.05, 0.1) is 23.3 Å². The number of hydrogen-bond donors (Lipinski definition) is 0. The summed E-state index contributed by atoms with van der Waals surface area (Å²) in [7, 11) is 0. The molecule has 0 bridgehead atoms. The maximum atomic E-state index is 4.43. The Labute approximate surface area is 263 Å². The van der Waals surface area contributed by atoms with Gasteiger partial charge in [-0.3, -0.25) is 0 Å². The first kappa shape index (κ1) is 34.3. The van der Waals surface area contributed by atoms with Gasteiger partial charge in [-0.05, 0) is 116 Å². The molecule has 0 aliphatic carbocycles. The van der Waals surface area contributed by atoms with Gasteiger partial charge in [-0.25, -0.2) is 9.13 Å². The van der Waals surface area contributed by atoms with Crippen LogP contribution in [0.3, 0.4) is 0 Å². The highest BCUT2D eigenvalue weighted by atomic mass is 35.5. The molecular weight excluding hydrogens is 595 g/mol. The molecule has 0 spiro atoms. The molecule has 0 aliphatic rings. The molecule has 0 fully saturated rings. The predicted molar refractivity (Wildman–Crippen MR) is 162 cm³/mol. The minimum absolute atomic E-state index is 0. The summed E-state index contributed by atoms with van der Waals surface area (Å²) in [6.45, 7) is 14.3. The highest BCUT2D eigenvalue weighted by molar-refractivity contribution is 7.13. The molecule has 4 rings (SSSR count). The standard InChI is InChI=1S/C29H38N8S2.2ClH/c1-5-34(26-14-10-24(11-15-26)30-32-28-36(7-3)20-22-38-28)18-9-19-35(6-2)27-16-12-25(13-17-27)31-33-29-37(8-4)21-23-39-29;;/h10-17,20-23H,5-9,18-19H2,1-4H3;2*1H/q+2;;/p-2. The van der Waals surface area contributed by atoms with Gasteiger partial charge >= 0.3 is 10.3 Å². The van der Waals surface area contributed by atoms with E-state index in [-0.39, 0.29) is 24.8 Å². The normalized spacial score (nSPS) is 11.0. The average molecular weight is 634 g/mol. The van der Waals surface area contributed by atoms with E-state index >= 15 is 0 Å². The smallest absolute Gasteiger partial charge is 0.408 e. The first-order chi connectivity index (χ1) is 19.1. The van der Waals surface area contributed by atoms with Crippen LogP contribution < -0.4 is 43.7 Å². The third-order valence-corrected chi connectivity index (χ3v) is 8.12. The van der Waals surface area contributed by atoms with E-state index in [1.54, 1.807) is 22.7 Å². The first-order valence-corrected chi connectivity index (χ1v) is 15.4. The van der Waals surface area contributed by atoms with Gasteiger partial charge in [-0.1, -0.05) is 0 Å². The van der Waals surface area contributed by atoms with Crippen LogP contribution in [0.4, 0.5) is 33.0 Å². The molecule has 2 aromatic heterocycles. The topological polar surface area (TPSA) is 63.7 Å². The Hall–Kier alpha value is -2.92. The zero-order valence-electron chi connectivity index (χ0n) is 24.0. The summed E-state index contributed by atoms with van der Waals surface area (Å²) in [5, 5.41) is 23.6. The number of rotatable bonds is 14. The Bertz CT molecular complexity index is 1250. The molecule has 0 aliphatic heterocycles. The van der Waals surface area contributed by atoms with E-state index in [9.17, 15) is 0 Å². The van der Waals surface area contributed by atoms with Crippen LogP contribution in [0, 0.1) is 0 Å². The van der Waals surface area contributed by atoms with Crippen LogP contribution in [0.2, 0.25) is 0 Å². The van der Waals surface area contributed by atoms with Crippen molar-refractivity contribution in [2.45, 2.75) is 47.2 Å². The van der Waals surface area contributed by atoms with Crippen LogP contribution in [0.5, 0.6) is 0 Å². The summed E-state index contributed by atoms with van der Waals surface area (Å²) in [5.41, 5.74) is 4.16. The summed E-state index contributed by atoms with van der Waals surface area (Å²) in [4.78, 5) is 4.82. The molecular formula is C29H38Cl2N8S2. The number of thiazole rings is 2. The highest BCUT2D eigenvalue weighted by Crippen LogP contribution is 2.25. The first-order valence-electron chi connectivity index (χ1n) is 13.6. The van der Waals surface area contributed by atoms with Crippen molar-refractivity contribution in [3.8, 4) is 0 Å². The second-order valence-corrected chi connectivity index (χ2v) is 10.6. The number of benzene rings is 2. The highest BCUT2D eigenvalue weighted by Gasteiger charge is 2.12. The molecule has 41 heavy (non-hydrogen) atoms. The van der Waals surface area contributed by atoms with E-state index in [1.807, 2.05) is 47.4 Å². The zero-order valence-corrected chi connectivity index (χ0v) is 27.2. The second-order valence-electron chi connectivity index (χ2n) is 8.89. The number of hydrogen-bond acceptors (Lipinski definition) is 8. The molecule has 0 saturated heterocycles. The van der Waals surface area contributed by atoms with Gasteiger partial charge in [0.25, 0.3) is 0 Å². The summed E-state index contributed by atoms with van der Waals surface area (Å²) in [6, 6.07) is 16.7. The molecule has 2 aromatic carbocycles. The number of nitrogens with zero attached hydrogens (tertiary/aromatic N) is 8. The van der Waals surface area contributed by atoms with E-state index in [2.05, 4.69) is 91.4 Å². The third-order valence-electron chi connectivity index (χ3n) is 6.55. The minimum atomic E-state index is 0. The van der Waals surface area contributed by atoms with E-state index in [0.717, 1.165) is 67.3 Å². The fraction of sp³-hybridized carbons (Fsp3) is 0.379. The van der Waals surface area contributed by atoms with Gasteiger partial charge < -0.3 is 34.6 Å². The molecule has 220 valence electrons. The van der Waals surface area contributed by atoms with Crippen molar-refractivity contribution in [2.24, 2.45) is 20.5 Å². The number of anilines is 2. The van der Waals surface area contributed by atoms with Gasteiger partial charge in [-0.15, -0.1) is 0 Å². The van der Waals surface area contributed by atoms with Crippen LogP contribution in [0.25, 0.3) is 0 Å². The van der Waals surface area contributed by atoms with Gasteiger partial charge in [0.2, 0.25) is 0 Å². The average Bonchev–Trinajstić information content (AvgIpc) is 3.65. The van der Waals surface area contributed by atoms with E-state index in [0.29, 0.717) is 0 Å². The van der Waals surface area contributed by atoms with Gasteiger partial charge in [0, 0.05) is 48.3 Å². The lowest BCUT2D eigenvalue weighted by atomic mass is 10.2. The Balaban J connectivity index is 0.00000294. The summed E-state index contributed by atoms with van der Waals surface area (Å²) in [5.74, 6) is 0. The van der Waals surface area contributed by atoms with Crippen LogP contribution in [-0.2, 0) is 13.1 Å². The number of aryl methyl sites for hydroxylation is 2. The van der Waals surface area contributed by atoms with Gasteiger partial charge in [0.15, 0.2) is 0 Å². The fourth-order valence-electron chi connectivity index (χ4n) is 4.29. The van der Waals surface area contributed by atoms with Crippen molar-refractivity contribution in [3.05, 3.63) is 71.7 Å². The molecule has 8 nitrogen and oxygen atoms in total. The number of aromatic nitrogens is 2. The van der Waals surface area contributed by atoms with Crippen molar-refractivity contribution in [2.75, 3.05) is 36.0 Å². The third kappa shape index (κ3) is 9.56. The van der Waals surface area contributed by atoms with Crippen LogP contribution >= 0.6 is 22.7 Å². The van der Waals surface area contributed by atoms with Crippen LogP contribution in [0.15, 0.2) is 92.1 Å². The predicted octanol–water partition coefficient (Wildman–Crippen LogP) is 2.01. The molecule has 0 atom stereocenters. The molecule has 4 aromatic rings. The molecule has 0 amide bonds. The van der Waals surface area contributed by atoms with Crippen molar-refractivity contribution >= 4 is 55.7 Å². The maximum Gasteiger partial charge on any atom is 0.408 e. The summed E-state index contributed by atoms with van der Waals surface area (Å²) in [6.07, 6.45) is 5.14. The summed E-state index contributed by atoms with van der Waals surface area (Å²) < 4.78 is 4.18. The fourth-order valence-corrected chi connectivity index (χ4v) is 5.77. The van der Waals surface area contributed by atoms with E-state index in [1.165, 1.54) is 11.4 Å². The van der Waals surface area contributed by atoms with Crippen molar-refractivity contribution < 1.29 is 33.9 Å². The quantitative estimate of drug-likeness (QED) is 0.158. The van der Waals surface area contributed by atoms with Crippen LogP contribution in [0.1, 0.15) is 34.1 Å². The van der Waals surface area contributed by atoms with Crippen LogP contribution in [-0.4, -0.2) is 26.2 Å². The lowest BCUT2D eigenvalue weighted by Crippen LogP contribution is -3.00. The lowest BCUT2D eigenvalue weighted by molar-refractivity contribution is -0.677.